The van der Waals surface area contributed by atoms with Crippen LogP contribution in [0.5, 0.6) is 0 Å². The Labute approximate surface area is 143 Å². The Kier molecular flexibility index (Phi) is 7.02. The van der Waals surface area contributed by atoms with Gasteiger partial charge in [0.25, 0.3) is 0 Å². The zero-order valence-electron chi connectivity index (χ0n) is 15.0. The number of hydrogen-bond acceptors (Lipinski definition) is 4. The van der Waals surface area contributed by atoms with Crippen molar-refractivity contribution in [2.45, 2.75) is 46.1 Å². The van der Waals surface area contributed by atoms with Crippen molar-refractivity contribution in [3.63, 3.8) is 0 Å². The highest BCUT2D eigenvalue weighted by atomic mass is 16.2. The Bertz CT molecular complexity index is 561. The quantitative estimate of drug-likeness (QED) is 0.432. The standard InChI is InChI=1S/C16H29N7O/c1-4-5-8-17-16(18-11-14-21-20-13(2)22(14)3)19-12-15(24)23-9-6-7-10-23/h4-12H2,1-3H3,(H2,17,18,19). The van der Waals surface area contributed by atoms with E-state index in [9.17, 15) is 4.79 Å². The summed E-state index contributed by atoms with van der Waals surface area (Å²) in [4.78, 5) is 18.6. The van der Waals surface area contributed by atoms with Crippen molar-refractivity contribution >= 4 is 11.9 Å². The predicted octanol–water partition coefficient (Wildman–Crippen LogP) is 0.581. The van der Waals surface area contributed by atoms with Crippen molar-refractivity contribution in [2.75, 3.05) is 26.2 Å². The van der Waals surface area contributed by atoms with Crippen LogP contribution in [0.3, 0.4) is 0 Å². The lowest BCUT2D eigenvalue weighted by molar-refractivity contribution is -0.128. The van der Waals surface area contributed by atoms with E-state index in [1.807, 2.05) is 23.4 Å². The van der Waals surface area contributed by atoms with Crippen molar-refractivity contribution in [3.05, 3.63) is 11.6 Å². The Morgan fingerprint density at radius 1 is 1.25 bits per heavy atom. The van der Waals surface area contributed by atoms with E-state index in [4.69, 9.17) is 0 Å². The number of nitrogens with one attached hydrogen (secondary N) is 2. The molecule has 0 bridgehead atoms. The molecule has 24 heavy (non-hydrogen) atoms. The Morgan fingerprint density at radius 3 is 2.62 bits per heavy atom. The van der Waals surface area contributed by atoms with Crippen LogP contribution in [0.4, 0.5) is 0 Å². The first-order valence-corrected chi connectivity index (χ1v) is 8.76. The minimum Gasteiger partial charge on any atom is -0.356 e. The second-order valence-electron chi connectivity index (χ2n) is 6.11. The zero-order chi connectivity index (χ0) is 17.4. The molecule has 8 heteroatoms. The van der Waals surface area contributed by atoms with E-state index >= 15 is 0 Å². The Balaban J connectivity index is 1.91. The number of carbonyl (C=O) groups is 1. The van der Waals surface area contributed by atoms with Crippen LogP contribution in [0.15, 0.2) is 4.99 Å². The lowest BCUT2D eigenvalue weighted by atomic mass is 10.3. The van der Waals surface area contributed by atoms with Crippen LogP contribution in [-0.2, 0) is 18.4 Å². The number of guanidine groups is 1. The lowest BCUT2D eigenvalue weighted by Crippen LogP contribution is -2.44. The van der Waals surface area contributed by atoms with Gasteiger partial charge >= 0.3 is 0 Å². The van der Waals surface area contributed by atoms with Gasteiger partial charge in [-0.2, -0.15) is 0 Å². The third-order valence-corrected chi connectivity index (χ3v) is 4.25. The summed E-state index contributed by atoms with van der Waals surface area (Å²) < 4.78 is 1.92. The van der Waals surface area contributed by atoms with Gasteiger partial charge in [0.15, 0.2) is 11.8 Å². The molecule has 0 aliphatic carbocycles. The number of likely N-dealkylation sites (tertiary alicyclic amines) is 1. The topological polar surface area (TPSA) is 87.4 Å². The molecule has 1 aromatic rings. The number of unbranched alkanes of at least 4 members (excludes halogenated alkanes) is 1. The maximum absolute atomic E-state index is 12.2. The van der Waals surface area contributed by atoms with Gasteiger partial charge in [-0.15, -0.1) is 10.2 Å². The van der Waals surface area contributed by atoms with Gasteiger partial charge in [-0.05, 0) is 26.2 Å². The maximum atomic E-state index is 12.2. The molecule has 0 unspecified atom stereocenters. The van der Waals surface area contributed by atoms with Crippen molar-refractivity contribution < 1.29 is 4.79 Å². The van der Waals surface area contributed by atoms with Gasteiger partial charge < -0.3 is 20.1 Å². The number of nitrogens with zero attached hydrogens (tertiary/aromatic N) is 5. The second-order valence-corrected chi connectivity index (χ2v) is 6.11. The van der Waals surface area contributed by atoms with Gasteiger partial charge in [0.05, 0.1) is 6.54 Å². The number of rotatable bonds is 7. The highest BCUT2D eigenvalue weighted by Crippen LogP contribution is 2.06. The first kappa shape index (κ1) is 18.2. The van der Waals surface area contributed by atoms with E-state index in [2.05, 4.69) is 32.7 Å². The number of aryl methyl sites for hydroxylation is 1. The molecule has 2 rings (SSSR count). The lowest BCUT2D eigenvalue weighted by Gasteiger charge is -2.17. The molecule has 0 aromatic carbocycles. The highest BCUT2D eigenvalue weighted by Gasteiger charge is 2.17. The molecule has 1 aromatic heterocycles. The molecule has 134 valence electrons. The molecule has 1 aliphatic heterocycles. The normalized spacial score (nSPS) is 15.0. The third kappa shape index (κ3) is 5.21. The molecule has 1 aliphatic rings. The zero-order valence-corrected chi connectivity index (χ0v) is 15.0. The molecular weight excluding hydrogens is 306 g/mol. The maximum Gasteiger partial charge on any atom is 0.241 e. The largest absolute Gasteiger partial charge is 0.356 e. The van der Waals surface area contributed by atoms with E-state index in [-0.39, 0.29) is 12.5 Å². The van der Waals surface area contributed by atoms with Crippen molar-refractivity contribution in [3.8, 4) is 0 Å². The summed E-state index contributed by atoms with van der Waals surface area (Å²) in [5, 5.41) is 14.6. The molecule has 2 heterocycles. The number of aliphatic imine (C=N–C) groups is 1. The summed E-state index contributed by atoms with van der Waals surface area (Å²) in [7, 11) is 1.93. The molecule has 0 spiro atoms. The van der Waals surface area contributed by atoms with Gasteiger partial charge in [0.2, 0.25) is 5.91 Å². The van der Waals surface area contributed by atoms with Crippen LogP contribution in [0.2, 0.25) is 0 Å². The van der Waals surface area contributed by atoms with E-state index in [1.54, 1.807) is 0 Å². The fourth-order valence-electron chi connectivity index (χ4n) is 2.53. The van der Waals surface area contributed by atoms with Crippen LogP contribution >= 0.6 is 0 Å². The smallest absolute Gasteiger partial charge is 0.241 e. The fourth-order valence-corrected chi connectivity index (χ4v) is 2.53. The summed E-state index contributed by atoms with van der Waals surface area (Å²) >= 11 is 0. The van der Waals surface area contributed by atoms with Crippen molar-refractivity contribution in [2.24, 2.45) is 12.0 Å². The van der Waals surface area contributed by atoms with Crippen LogP contribution < -0.4 is 10.6 Å². The SMILES string of the molecule is CCCCNC(=NCc1nnc(C)n1C)NCC(=O)N1CCCC1. The van der Waals surface area contributed by atoms with E-state index < -0.39 is 0 Å². The molecule has 1 saturated heterocycles. The van der Waals surface area contributed by atoms with E-state index in [0.29, 0.717) is 12.5 Å². The number of carbonyl (C=O) groups excluding carboxylic acids is 1. The number of amides is 1. The van der Waals surface area contributed by atoms with Gasteiger partial charge in [-0.1, -0.05) is 13.3 Å². The van der Waals surface area contributed by atoms with Crippen molar-refractivity contribution in [1.29, 1.82) is 0 Å². The third-order valence-electron chi connectivity index (χ3n) is 4.25. The minimum atomic E-state index is 0.131. The number of hydrogen-bond donors (Lipinski definition) is 2. The fraction of sp³-hybridized carbons (Fsp3) is 0.750. The van der Waals surface area contributed by atoms with Crippen LogP contribution in [0.25, 0.3) is 0 Å². The van der Waals surface area contributed by atoms with Crippen molar-refractivity contribution in [1.82, 2.24) is 30.3 Å². The summed E-state index contributed by atoms with van der Waals surface area (Å²) in [6, 6.07) is 0. The molecule has 0 radical (unpaired) electrons. The van der Waals surface area contributed by atoms with Gasteiger partial charge in [-0.3, -0.25) is 4.79 Å². The van der Waals surface area contributed by atoms with Crippen LogP contribution in [0.1, 0.15) is 44.3 Å². The van der Waals surface area contributed by atoms with E-state index in [1.165, 1.54) is 0 Å². The average molecular weight is 335 g/mol. The molecule has 1 amide bonds. The molecule has 0 atom stereocenters. The summed E-state index contributed by atoms with van der Waals surface area (Å²) in [6.07, 6.45) is 4.37. The highest BCUT2D eigenvalue weighted by molar-refractivity contribution is 5.86. The van der Waals surface area contributed by atoms with Crippen LogP contribution in [-0.4, -0.2) is 57.7 Å². The second kappa shape index (κ2) is 9.24. The van der Waals surface area contributed by atoms with E-state index in [0.717, 1.165) is 57.0 Å². The van der Waals surface area contributed by atoms with Gasteiger partial charge in [-0.25, -0.2) is 4.99 Å². The first-order valence-electron chi connectivity index (χ1n) is 8.76. The predicted molar refractivity (Wildman–Crippen MR) is 93.6 cm³/mol. The number of aromatic nitrogens is 3. The van der Waals surface area contributed by atoms with Crippen LogP contribution in [0, 0.1) is 6.92 Å². The van der Waals surface area contributed by atoms with Gasteiger partial charge in [0.1, 0.15) is 12.4 Å². The first-order chi connectivity index (χ1) is 11.6. The molecule has 0 saturated carbocycles. The Morgan fingerprint density at radius 2 is 2.00 bits per heavy atom. The average Bonchev–Trinajstić information content (AvgIpc) is 3.22. The molecule has 2 N–H and O–H groups in total. The molecule has 8 nitrogen and oxygen atoms in total. The molecule has 1 fully saturated rings. The summed E-state index contributed by atoms with van der Waals surface area (Å²) in [5.41, 5.74) is 0. The summed E-state index contributed by atoms with van der Waals surface area (Å²) in [6.45, 7) is 7.33. The van der Waals surface area contributed by atoms with Gasteiger partial charge in [0, 0.05) is 26.7 Å². The monoisotopic (exact) mass is 335 g/mol. The Hall–Kier alpha value is -2.12. The summed E-state index contributed by atoms with van der Waals surface area (Å²) in [5.74, 6) is 2.44. The molecular formula is C16H29N7O. The minimum absolute atomic E-state index is 0.131.